The molecule has 2 heterocycles. The summed E-state index contributed by atoms with van der Waals surface area (Å²) in [7, 11) is 0. The molecule has 10 heavy (non-hydrogen) atoms. The van der Waals surface area contributed by atoms with Gasteiger partial charge in [-0.3, -0.25) is 5.84 Å². The van der Waals surface area contributed by atoms with E-state index in [-0.39, 0.29) is 0 Å². The van der Waals surface area contributed by atoms with Crippen LogP contribution >= 0.6 is 0 Å². The molecule has 0 radical (unpaired) electrons. The molecule has 2 nitrogen and oxygen atoms in total. The van der Waals surface area contributed by atoms with Gasteiger partial charge in [0.15, 0.2) is 0 Å². The maximum absolute atomic E-state index is 5.90. The van der Waals surface area contributed by atoms with Gasteiger partial charge in [0.05, 0.1) is 0 Å². The molecular weight excluding hydrogens is 124 g/mol. The molecule has 0 aromatic carbocycles. The minimum absolute atomic E-state index is 0.685. The Hall–Kier alpha value is -0.0800. The van der Waals surface area contributed by atoms with Crippen LogP contribution in [-0.4, -0.2) is 17.1 Å². The van der Waals surface area contributed by atoms with Crippen molar-refractivity contribution in [2.75, 3.05) is 0 Å². The number of nitrogens with two attached hydrogens (primary N) is 1. The van der Waals surface area contributed by atoms with Crippen molar-refractivity contribution in [3.63, 3.8) is 0 Å². The molecule has 2 heteroatoms. The lowest BCUT2D eigenvalue weighted by Gasteiger charge is -2.23. The van der Waals surface area contributed by atoms with Crippen LogP contribution in [0.5, 0.6) is 0 Å². The molecule has 1 aliphatic carbocycles. The van der Waals surface area contributed by atoms with Crippen molar-refractivity contribution in [3.8, 4) is 0 Å². The maximum atomic E-state index is 5.90. The Morgan fingerprint density at radius 2 is 2.00 bits per heavy atom. The SMILES string of the molecule is CC(C)C1C2CC(C2)N1N. The van der Waals surface area contributed by atoms with Gasteiger partial charge in [-0.1, -0.05) is 13.8 Å². The Bertz CT molecular complexity index is 138. The van der Waals surface area contributed by atoms with E-state index >= 15 is 0 Å². The summed E-state index contributed by atoms with van der Waals surface area (Å²) < 4.78 is 0. The van der Waals surface area contributed by atoms with Crippen molar-refractivity contribution in [1.82, 2.24) is 5.01 Å². The highest BCUT2D eigenvalue weighted by Crippen LogP contribution is 2.46. The van der Waals surface area contributed by atoms with Crippen molar-refractivity contribution >= 4 is 0 Å². The van der Waals surface area contributed by atoms with Crippen molar-refractivity contribution in [2.24, 2.45) is 17.7 Å². The van der Waals surface area contributed by atoms with Gasteiger partial charge in [0.2, 0.25) is 0 Å². The quantitative estimate of drug-likeness (QED) is 0.550. The van der Waals surface area contributed by atoms with Crippen LogP contribution in [-0.2, 0) is 0 Å². The predicted octanol–water partition coefficient (Wildman–Crippen LogP) is 0.979. The van der Waals surface area contributed by atoms with Crippen molar-refractivity contribution < 1.29 is 0 Å². The van der Waals surface area contributed by atoms with Gasteiger partial charge in [0.1, 0.15) is 0 Å². The Morgan fingerprint density at radius 1 is 1.40 bits per heavy atom. The average molecular weight is 140 g/mol. The molecule has 1 atom stereocenters. The zero-order chi connectivity index (χ0) is 7.30. The van der Waals surface area contributed by atoms with Gasteiger partial charge in [0.25, 0.3) is 0 Å². The molecule has 3 fully saturated rings. The van der Waals surface area contributed by atoms with E-state index in [9.17, 15) is 0 Å². The van der Waals surface area contributed by atoms with E-state index in [0.29, 0.717) is 6.04 Å². The number of hydrazine groups is 1. The Morgan fingerprint density at radius 3 is 2.20 bits per heavy atom. The third-order valence-corrected chi connectivity index (χ3v) is 3.08. The van der Waals surface area contributed by atoms with Gasteiger partial charge in [-0.05, 0) is 24.7 Å². The zero-order valence-electron chi connectivity index (χ0n) is 6.75. The number of hydrogen-bond donors (Lipinski definition) is 1. The summed E-state index contributed by atoms with van der Waals surface area (Å²) in [5.41, 5.74) is 0. The lowest BCUT2D eigenvalue weighted by Crippen LogP contribution is -2.40. The summed E-state index contributed by atoms with van der Waals surface area (Å²) in [6.45, 7) is 4.54. The van der Waals surface area contributed by atoms with E-state index in [1.807, 2.05) is 0 Å². The molecule has 0 aromatic heterocycles. The van der Waals surface area contributed by atoms with Crippen LogP contribution in [0.3, 0.4) is 0 Å². The molecule has 3 rings (SSSR count). The van der Waals surface area contributed by atoms with E-state index in [1.54, 1.807) is 0 Å². The lowest BCUT2D eigenvalue weighted by atomic mass is 9.80. The second-order valence-corrected chi connectivity index (χ2v) is 4.07. The number of rotatable bonds is 1. The number of fused-ring (bicyclic) bond motifs is 1. The summed E-state index contributed by atoms with van der Waals surface area (Å²) >= 11 is 0. The van der Waals surface area contributed by atoms with Crippen LogP contribution in [0.4, 0.5) is 0 Å². The normalized spacial score (nSPS) is 46.2. The minimum Gasteiger partial charge on any atom is -0.268 e. The highest BCUT2D eigenvalue weighted by Gasteiger charge is 2.50. The first-order chi connectivity index (χ1) is 4.70. The Balaban J connectivity index is 2.09. The molecule has 2 N–H and O–H groups in total. The van der Waals surface area contributed by atoms with Gasteiger partial charge < -0.3 is 0 Å². The van der Waals surface area contributed by atoms with Crippen LogP contribution < -0.4 is 5.84 Å². The second kappa shape index (κ2) is 1.95. The summed E-state index contributed by atoms with van der Waals surface area (Å²) in [6, 6.07) is 1.42. The minimum atomic E-state index is 0.685. The van der Waals surface area contributed by atoms with Gasteiger partial charge in [-0.15, -0.1) is 0 Å². The first kappa shape index (κ1) is 6.62. The van der Waals surface area contributed by atoms with Gasteiger partial charge in [-0.25, -0.2) is 5.01 Å². The smallest absolute Gasteiger partial charge is 0.0296 e. The number of hydrogen-bond acceptors (Lipinski definition) is 2. The number of nitrogens with zero attached hydrogens (tertiary/aromatic N) is 1. The molecule has 1 saturated carbocycles. The molecule has 0 spiro atoms. The van der Waals surface area contributed by atoms with Gasteiger partial charge >= 0.3 is 0 Å². The van der Waals surface area contributed by atoms with Gasteiger partial charge in [-0.2, -0.15) is 0 Å². The molecule has 3 aliphatic rings. The van der Waals surface area contributed by atoms with E-state index < -0.39 is 0 Å². The molecule has 1 unspecified atom stereocenters. The third kappa shape index (κ3) is 0.663. The molecular formula is C8H16N2. The monoisotopic (exact) mass is 140 g/mol. The van der Waals surface area contributed by atoms with Crippen LogP contribution in [0.2, 0.25) is 0 Å². The fraction of sp³-hybridized carbons (Fsp3) is 1.00. The summed E-state index contributed by atoms with van der Waals surface area (Å²) in [5.74, 6) is 7.56. The van der Waals surface area contributed by atoms with E-state index in [1.165, 1.54) is 12.8 Å². The topological polar surface area (TPSA) is 29.3 Å². The Labute approximate surface area is 62.4 Å². The van der Waals surface area contributed by atoms with Gasteiger partial charge in [0, 0.05) is 12.1 Å². The maximum Gasteiger partial charge on any atom is 0.0296 e. The average Bonchev–Trinajstić information content (AvgIpc) is 2.14. The highest BCUT2D eigenvalue weighted by molar-refractivity contribution is 5.02. The second-order valence-electron chi connectivity index (χ2n) is 4.07. The molecule has 58 valence electrons. The predicted molar refractivity (Wildman–Crippen MR) is 41.2 cm³/mol. The summed E-state index contributed by atoms with van der Waals surface area (Å²) in [5, 5.41) is 2.09. The highest BCUT2D eigenvalue weighted by atomic mass is 15.5. The molecule has 2 bridgehead atoms. The van der Waals surface area contributed by atoms with Crippen molar-refractivity contribution in [1.29, 1.82) is 0 Å². The largest absolute Gasteiger partial charge is 0.268 e. The van der Waals surface area contributed by atoms with E-state index in [2.05, 4.69) is 18.9 Å². The fourth-order valence-electron chi connectivity index (χ4n) is 2.53. The van der Waals surface area contributed by atoms with Crippen LogP contribution in [0.25, 0.3) is 0 Å². The molecule has 2 aliphatic heterocycles. The third-order valence-electron chi connectivity index (χ3n) is 3.08. The summed E-state index contributed by atoms with van der Waals surface area (Å²) in [6.07, 6.45) is 2.72. The molecule has 0 aromatic rings. The fourth-order valence-corrected chi connectivity index (χ4v) is 2.53. The standard InChI is InChI=1S/C8H16N2/c1-5(2)8-6-3-7(4-6)10(8)9/h5-8H,3-4,9H2,1-2H3. The van der Waals surface area contributed by atoms with Crippen LogP contribution in [0.15, 0.2) is 0 Å². The first-order valence-electron chi connectivity index (χ1n) is 4.23. The Kier molecular flexibility index (Phi) is 1.29. The van der Waals surface area contributed by atoms with Crippen LogP contribution in [0, 0.1) is 11.8 Å². The first-order valence-corrected chi connectivity index (χ1v) is 4.23. The molecule has 2 saturated heterocycles. The zero-order valence-corrected chi connectivity index (χ0v) is 6.75. The van der Waals surface area contributed by atoms with Crippen molar-refractivity contribution in [2.45, 2.75) is 38.8 Å². The van der Waals surface area contributed by atoms with Crippen LogP contribution in [0.1, 0.15) is 26.7 Å². The van der Waals surface area contributed by atoms with E-state index in [4.69, 9.17) is 5.84 Å². The van der Waals surface area contributed by atoms with E-state index in [0.717, 1.165) is 17.9 Å². The summed E-state index contributed by atoms with van der Waals surface area (Å²) in [4.78, 5) is 0. The van der Waals surface area contributed by atoms with Crippen molar-refractivity contribution in [3.05, 3.63) is 0 Å². The lowest BCUT2D eigenvalue weighted by molar-refractivity contribution is 0.198. The molecule has 0 amide bonds.